The third kappa shape index (κ3) is 3.35. The molecule has 4 rings (SSSR count). The minimum absolute atomic E-state index is 0.0696. The lowest BCUT2D eigenvalue weighted by Gasteiger charge is -2.24. The normalized spacial score (nSPS) is 17.0. The Balaban J connectivity index is 1.72. The summed E-state index contributed by atoms with van der Waals surface area (Å²) in [6, 6.07) is 14.9. The minimum Gasteiger partial charge on any atom is -0.422 e. The van der Waals surface area contributed by atoms with Crippen molar-refractivity contribution in [3.63, 3.8) is 0 Å². The zero-order valence-corrected chi connectivity index (χ0v) is 17.4. The predicted molar refractivity (Wildman–Crippen MR) is 111 cm³/mol. The first-order chi connectivity index (χ1) is 12.5. The van der Waals surface area contributed by atoms with Crippen molar-refractivity contribution >= 4 is 60.5 Å². The van der Waals surface area contributed by atoms with Gasteiger partial charge in [0.15, 0.2) is 0 Å². The second kappa shape index (κ2) is 7.21. The molecule has 1 amide bonds. The molecule has 2 aromatic carbocycles. The van der Waals surface area contributed by atoms with Crippen LogP contribution < -0.4 is 5.63 Å². The third-order valence-corrected chi connectivity index (χ3v) is 6.51. The molecule has 1 saturated heterocycles. The number of rotatable bonds is 2. The number of hydrogen-bond donors (Lipinski definition) is 0. The topological polar surface area (TPSA) is 50.5 Å². The summed E-state index contributed by atoms with van der Waals surface area (Å²) in [5.41, 5.74) is 0.975. The van der Waals surface area contributed by atoms with E-state index in [0.717, 1.165) is 25.6 Å². The van der Waals surface area contributed by atoms with Crippen LogP contribution in [0.3, 0.4) is 0 Å². The van der Waals surface area contributed by atoms with Gasteiger partial charge in [0.05, 0.1) is 0 Å². The molecule has 4 nitrogen and oxygen atoms in total. The highest BCUT2D eigenvalue weighted by atomic mass is 79.9. The van der Waals surface area contributed by atoms with Gasteiger partial charge in [0.1, 0.15) is 16.5 Å². The van der Waals surface area contributed by atoms with Crippen LogP contribution in [0.1, 0.15) is 21.3 Å². The van der Waals surface area contributed by atoms with Crippen LogP contribution in [-0.2, 0) is 0 Å². The van der Waals surface area contributed by atoms with Gasteiger partial charge in [0.2, 0.25) is 0 Å². The Morgan fingerprint density at radius 2 is 1.81 bits per heavy atom. The zero-order chi connectivity index (χ0) is 18.3. The molecule has 0 radical (unpaired) electrons. The van der Waals surface area contributed by atoms with E-state index in [1.165, 1.54) is 0 Å². The molecule has 3 aromatic rings. The molecule has 7 heteroatoms. The van der Waals surface area contributed by atoms with Crippen LogP contribution in [0.5, 0.6) is 0 Å². The molecule has 0 aliphatic carbocycles. The molecule has 0 unspecified atom stereocenters. The maximum Gasteiger partial charge on any atom is 0.349 e. The Kier molecular flexibility index (Phi) is 4.94. The number of halogens is 2. The van der Waals surface area contributed by atoms with E-state index in [2.05, 4.69) is 31.9 Å². The van der Waals surface area contributed by atoms with Gasteiger partial charge in [-0.05, 0) is 42.0 Å². The van der Waals surface area contributed by atoms with Crippen molar-refractivity contribution in [1.29, 1.82) is 0 Å². The second-order valence-electron chi connectivity index (χ2n) is 5.90. The smallest absolute Gasteiger partial charge is 0.349 e. The molecule has 1 aromatic heterocycles. The number of fused-ring (bicyclic) bond motifs is 1. The Labute approximate surface area is 170 Å². The SMILES string of the molecule is O=C(c1cc2cc(Br)ccc2oc1=O)N1CCS[C@H]1c1ccc(Br)cc1. The monoisotopic (exact) mass is 493 g/mol. The summed E-state index contributed by atoms with van der Waals surface area (Å²) in [6.07, 6.45) is 0. The van der Waals surface area contributed by atoms with E-state index >= 15 is 0 Å². The fourth-order valence-corrected chi connectivity index (χ4v) is 4.88. The number of thioether (sulfide) groups is 1. The summed E-state index contributed by atoms with van der Waals surface area (Å²) in [7, 11) is 0. The second-order valence-corrected chi connectivity index (χ2v) is 8.92. The van der Waals surface area contributed by atoms with Gasteiger partial charge < -0.3 is 9.32 Å². The van der Waals surface area contributed by atoms with E-state index < -0.39 is 5.63 Å². The number of benzene rings is 2. The van der Waals surface area contributed by atoms with Crippen molar-refractivity contribution in [2.24, 2.45) is 0 Å². The predicted octanol–water partition coefficient (Wildman–Crippen LogP) is 5.21. The first-order valence-corrected chi connectivity index (χ1v) is 10.6. The fraction of sp³-hybridized carbons (Fsp3) is 0.158. The summed E-state index contributed by atoms with van der Waals surface area (Å²) in [4.78, 5) is 27.2. The minimum atomic E-state index is -0.601. The first-order valence-electron chi connectivity index (χ1n) is 7.94. The van der Waals surface area contributed by atoms with Crippen LogP contribution in [0.25, 0.3) is 11.0 Å². The Hall–Kier alpha value is -1.57. The lowest BCUT2D eigenvalue weighted by atomic mass is 10.1. The lowest BCUT2D eigenvalue weighted by molar-refractivity contribution is 0.0756. The molecule has 0 saturated carbocycles. The Bertz CT molecular complexity index is 1050. The van der Waals surface area contributed by atoms with Crippen LogP contribution in [0, 0.1) is 0 Å². The number of hydrogen-bond acceptors (Lipinski definition) is 4. The van der Waals surface area contributed by atoms with Gasteiger partial charge in [0.25, 0.3) is 5.91 Å². The van der Waals surface area contributed by atoms with Crippen LogP contribution in [0.4, 0.5) is 0 Å². The van der Waals surface area contributed by atoms with Gasteiger partial charge in [-0.15, -0.1) is 11.8 Å². The van der Waals surface area contributed by atoms with Crippen LogP contribution >= 0.6 is 43.6 Å². The van der Waals surface area contributed by atoms with E-state index in [4.69, 9.17) is 4.42 Å². The van der Waals surface area contributed by atoms with E-state index in [9.17, 15) is 9.59 Å². The molecule has 1 fully saturated rings. The van der Waals surface area contributed by atoms with Crippen molar-refractivity contribution in [1.82, 2.24) is 4.90 Å². The molecule has 1 aliphatic heterocycles. The summed E-state index contributed by atoms with van der Waals surface area (Å²) in [6.45, 7) is 0.597. The van der Waals surface area contributed by atoms with Crippen molar-refractivity contribution in [2.45, 2.75) is 5.37 Å². The van der Waals surface area contributed by atoms with E-state index in [-0.39, 0.29) is 16.8 Å². The van der Waals surface area contributed by atoms with E-state index in [0.29, 0.717) is 12.1 Å². The van der Waals surface area contributed by atoms with Gasteiger partial charge in [-0.25, -0.2) is 4.79 Å². The fourth-order valence-electron chi connectivity index (χ4n) is 2.98. The van der Waals surface area contributed by atoms with Crippen LogP contribution in [-0.4, -0.2) is 23.1 Å². The van der Waals surface area contributed by atoms with Gasteiger partial charge in [-0.2, -0.15) is 0 Å². The number of carbonyl (C=O) groups excluding carboxylic acids is 1. The third-order valence-electron chi connectivity index (χ3n) is 4.23. The summed E-state index contributed by atoms with van der Waals surface area (Å²) >= 11 is 8.52. The van der Waals surface area contributed by atoms with Crippen molar-refractivity contribution in [2.75, 3.05) is 12.3 Å². The van der Waals surface area contributed by atoms with Gasteiger partial charge >= 0.3 is 5.63 Å². The number of amides is 1. The molecular weight excluding hydrogens is 482 g/mol. The number of carbonyl (C=O) groups is 1. The van der Waals surface area contributed by atoms with Crippen LogP contribution in [0.15, 0.2) is 66.7 Å². The first kappa shape index (κ1) is 17.8. The van der Waals surface area contributed by atoms with Crippen LogP contribution in [0.2, 0.25) is 0 Å². The number of nitrogens with zero attached hydrogens (tertiary/aromatic N) is 1. The molecular formula is C19H13Br2NO3S. The Morgan fingerprint density at radius 3 is 2.58 bits per heavy atom. The highest BCUT2D eigenvalue weighted by molar-refractivity contribution is 9.10. The average Bonchev–Trinajstić information content (AvgIpc) is 3.11. The van der Waals surface area contributed by atoms with Gasteiger partial charge in [-0.3, -0.25) is 4.79 Å². The summed E-state index contributed by atoms with van der Waals surface area (Å²) in [5.74, 6) is 0.537. The largest absolute Gasteiger partial charge is 0.422 e. The molecule has 0 spiro atoms. The molecule has 1 aliphatic rings. The van der Waals surface area contributed by atoms with E-state index in [1.807, 2.05) is 30.3 Å². The zero-order valence-electron chi connectivity index (χ0n) is 13.4. The molecule has 2 heterocycles. The summed E-state index contributed by atoms with van der Waals surface area (Å²) < 4.78 is 7.20. The summed E-state index contributed by atoms with van der Waals surface area (Å²) in [5, 5.41) is 0.613. The molecule has 1 atom stereocenters. The Morgan fingerprint density at radius 1 is 1.08 bits per heavy atom. The van der Waals surface area contributed by atoms with Crippen molar-refractivity contribution in [3.05, 3.63) is 79.0 Å². The van der Waals surface area contributed by atoms with Crippen molar-refractivity contribution in [3.8, 4) is 0 Å². The average molecular weight is 495 g/mol. The van der Waals surface area contributed by atoms with Crippen molar-refractivity contribution < 1.29 is 9.21 Å². The quantitative estimate of drug-likeness (QED) is 0.459. The maximum absolute atomic E-state index is 13.1. The molecule has 26 heavy (non-hydrogen) atoms. The standard InChI is InChI=1S/C19H13Br2NO3S/c20-13-3-1-11(2-4-13)18-22(7-8-26-18)17(23)15-10-12-9-14(21)5-6-16(12)25-19(15)24/h1-6,9-10,18H,7-8H2/t18-/m0/s1. The maximum atomic E-state index is 13.1. The molecule has 132 valence electrons. The van der Waals surface area contributed by atoms with Gasteiger partial charge in [0, 0.05) is 26.6 Å². The van der Waals surface area contributed by atoms with Gasteiger partial charge in [-0.1, -0.05) is 44.0 Å². The highest BCUT2D eigenvalue weighted by Crippen LogP contribution is 2.39. The molecule has 0 bridgehead atoms. The lowest BCUT2D eigenvalue weighted by Crippen LogP contribution is -2.33. The van der Waals surface area contributed by atoms with E-state index in [1.54, 1.807) is 34.9 Å². The highest BCUT2D eigenvalue weighted by Gasteiger charge is 2.32. The molecule has 0 N–H and O–H groups in total.